The Balaban J connectivity index is 1.69. The van der Waals surface area contributed by atoms with Gasteiger partial charge in [-0.2, -0.15) is 0 Å². The maximum atomic E-state index is 12.1. The van der Waals surface area contributed by atoms with Gasteiger partial charge in [-0.05, 0) is 30.5 Å². The summed E-state index contributed by atoms with van der Waals surface area (Å²) >= 11 is 5.93. The lowest BCUT2D eigenvalue weighted by Gasteiger charge is -2.42. The third-order valence-corrected chi connectivity index (χ3v) is 4.68. The summed E-state index contributed by atoms with van der Waals surface area (Å²) in [7, 11) is 0. The molecule has 0 aliphatic heterocycles. The lowest BCUT2D eigenvalue weighted by Crippen LogP contribution is -2.45. The van der Waals surface area contributed by atoms with Gasteiger partial charge in [0.15, 0.2) is 5.76 Å². The molecule has 1 fully saturated rings. The average molecular weight is 334 g/mol. The van der Waals surface area contributed by atoms with Gasteiger partial charge in [-0.25, -0.2) is 4.79 Å². The maximum Gasteiger partial charge on any atom is 0.338 e. The van der Waals surface area contributed by atoms with E-state index in [1.165, 1.54) is 6.07 Å². The van der Waals surface area contributed by atoms with Gasteiger partial charge in [0.05, 0.1) is 5.56 Å². The Bertz CT molecular complexity index is 731. The van der Waals surface area contributed by atoms with Gasteiger partial charge in [-0.1, -0.05) is 30.2 Å². The number of hydrogen-bond acceptors (Lipinski definition) is 3. The zero-order valence-electron chi connectivity index (χ0n) is 12.3. The number of furan rings is 1. The molecule has 0 spiro atoms. The van der Waals surface area contributed by atoms with Crippen LogP contribution in [0.15, 0.2) is 41.0 Å². The number of carbonyl (C=O) groups excluding carboxylic acids is 1. The van der Waals surface area contributed by atoms with Crippen molar-refractivity contribution < 1.29 is 19.1 Å². The minimum Gasteiger partial charge on any atom is -0.478 e. The SMILES string of the molecule is O=C(O)c1coc(C(=O)NCC2(c3ccc(Cl)cc3)CCC2)c1. The van der Waals surface area contributed by atoms with Crippen molar-refractivity contribution in [3.63, 3.8) is 0 Å². The van der Waals surface area contributed by atoms with E-state index in [1.54, 1.807) is 0 Å². The summed E-state index contributed by atoms with van der Waals surface area (Å²) in [5.74, 6) is -1.52. The molecule has 5 nitrogen and oxygen atoms in total. The molecular weight excluding hydrogens is 318 g/mol. The molecule has 1 aromatic carbocycles. The number of benzene rings is 1. The van der Waals surface area contributed by atoms with Crippen molar-refractivity contribution in [2.45, 2.75) is 24.7 Å². The number of carboxylic acid groups (broad SMARTS) is 1. The fourth-order valence-electron chi connectivity index (χ4n) is 2.88. The van der Waals surface area contributed by atoms with E-state index in [1.807, 2.05) is 24.3 Å². The predicted octanol–water partition coefficient (Wildman–Crippen LogP) is 3.48. The Morgan fingerprint density at radius 1 is 1.26 bits per heavy atom. The first-order valence-electron chi connectivity index (χ1n) is 7.36. The van der Waals surface area contributed by atoms with Crippen LogP contribution in [-0.4, -0.2) is 23.5 Å². The van der Waals surface area contributed by atoms with Crippen LogP contribution in [0.25, 0.3) is 0 Å². The highest BCUT2D eigenvalue weighted by molar-refractivity contribution is 6.30. The van der Waals surface area contributed by atoms with Crippen LogP contribution in [0.4, 0.5) is 0 Å². The molecule has 1 amide bonds. The van der Waals surface area contributed by atoms with E-state index in [0.29, 0.717) is 11.6 Å². The van der Waals surface area contributed by atoms with E-state index in [-0.39, 0.29) is 16.7 Å². The van der Waals surface area contributed by atoms with Crippen LogP contribution >= 0.6 is 11.6 Å². The van der Waals surface area contributed by atoms with Gasteiger partial charge >= 0.3 is 5.97 Å². The molecule has 6 heteroatoms. The van der Waals surface area contributed by atoms with Crippen molar-refractivity contribution in [3.05, 3.63) is 58.5 Å². The van der Waals surface area contributed by atoms with E-state index < -0.39 is 11.9 Å². The molecule has 1 aliphatic carbocycles. The van der Waals surface area contributed by atoms with E-state index in [0.717, 1.165) is 31.1 Å². The first-order valence-corrected chi connectivity index (χ1v) is 7.74. The normalized spacial score (nSPS) is 15.7. The van der Waals surface area contributed by atoms with Crippen molar-refractivity contribution in [2.24, 2.45) is 0 Å². The van der Waals surface area contributed by atoms with Gasteiger partial charge in [0, 0.05) is 23.0 Å². The van der Waals surface area contributed by atoms with Crippen molar-refractivity contribution >= 4 is 23.5 Å². The quantitative estimate of drug-likeness (QED) is 0.877. The first kappa shape index (κ1) is 15.6. The molecule has 0 unspecified atom stereocenters. The molecule has 1 aromatic heterocycles. The van der Waals surface area contributed by atoms with Crippen molar-refractivity contribution in [1.29, 1.82) is 0 Å². The number of hydrogen-bond donors (Lipinski definition) is 2. The fraction of sp³-hybridized carbons (Fsp3) is 0.294. The predicted molar refractivity (Wildman–Crippen MR) is 85.0 cm³/mol. The highest BCUT2D eigenvalue weighted by Crippen LogP contribution is 2.43. The van der Waals surface area contributed by atoms with Gasteiger partial charge < -0.3 is 14.8 Å². The van der Waals surface area contributed by atoms with Crippen molar-refractivity contribution in [2.75, 3.05) is 6.54 Å². The molecule has 3 rings (SSSR count). The van der Waals surface area contributed by atoms with Crippen molar-refractivity contribution in [3.8, 4) is 0 Å². The largest absolute Gasteiger partial charge is 0.478 e. The maximum absolute atomic E-state index is 12.1. The molecule has 2 aromatic rings. The smallest absolute Gasteiger partial charge is 0.338 e. The van der Waals surface area contributed by atoms with Crippen LogP contribution in [0.2, 0.25) is 5.02 Å². The molecule has 1 heterocycles. The number of aromatic carboxylic acids is 1. The van der Waals surface area contributed by atoms with Crippen LogP contribution in [0.1, 0.15) is 45.7 Å². The summed E-state index contributed by atoms with van der Waals surface area (Å²) in [6.07, 6.45) is 4.17. The molecular formula is C17H16ClNO4. The molecule has 0 bridgehead atoms. The highest BCUT2D eigenvalue weighted by Gasteiger charge is 2.39. The molecule has 1 saturated carbocycles. The monoisotopic (exact) mass is 333 g/mol. The molecule has 0 saturated heterocycles. The molecule has 1 aliphatic rings. The molecule has 120 valence electrons. The Hall–Kier alpha value is -2.27. The summed E-state index contributed by atoms with van der Waals surface area (Å²) in [6.45, 7) is 0.483. The molecule has 23 heavy (non-hydrogen) atoms. The highest BCUT2D eigenvalue weighted by atomic mass is 35.5. The first-order chi connectivity index (χ1) is 11.0. The summed E-state index contributed by atoms with van der Waals surface area (Å²) in [4.78, 5) is 23.0. The second-order valence-electron chi connectivity index (χ2n) is 5.83. The lowest BCUT2D eigenvalue weighted by molar-refractivity contribution is 0.0695. The topological polar surface area (TPSA) is 79.5 Å². The van der Waals surface area contributed by atoms with Gasteiger partial charge in [0.25, 0.3) is 5.91 Å². The van der Waals surface area contributed by atoms with Gasteiger partial charge in [0.1, 0.15) is 6.26 Å². The minimum atomic E-state index is -1.12. The van der Waals surface area contributed by atoms with Crippen LogP contribution in [0.3, 0.4) is 0 Å². The number of carboxylic acids is 1. The van der Waals surface area contributed by atoms with Crippen LogP contribution in [0.5, 0.6) is 0 Å². The second kappa shape index (κ2) is 6.08. The van der Waals surface area contributed by atoms with Gasteiger partial charge in [-0.3, -0.25) is 4.79 Å². The zero-order valence-corrected chi connectivity index (χ0v) is 13.1. The Morgan fingerprint density at radius 3 is 2.48 bits per heavy atom. The Morgan fingerprint density at radius 2 is 1.96 bits per heavy atom. The Kier molecular flexibility index (Phi) is 4.13. The molecule has 0 radical (unpaired) electrons. The van der Waals surface area contributed by atoms with Crippen LogP contribution in [0, 0.1) is 0 Å². The lowest BCUT2D eigenvalue weighted by atomic mass is 9.64. The molecule has 0 atom stereocenters. The third kappa shape index (κ3) is 3.10. The van der Waals surface area contributed by atoms with E-state index in [4.69, 9.17) is 21.1 Å². The summed E-state index contributed by atoms with van der Waals surface area (Å²) in [5, 5.41) is 12.4. The van der Waals surface area contributed by atoms with Gasteiger partial charge in [-0.15, -0.1) is 0 Å². The molecule has 2 N–H and O–H groups in total. The Labute approximate surface area is 138 Å². The summed E-state index contributed by atoms with van der Waals surface area (Å²) in [5.41, 5.74) is 1.04. The van der Waals surface area contributed by atoms with Crippen LogP contribution < -0.4 is 5.32 Å². The number of halogens is 1. The summed E-state index contributed by atoms with van der Waals surface area (Å²) in [6, 6.07) is 8.91. The van der Waals surface area contributed by atoms with E-state index in [9.17, 15) is 9.59 Å². The van der Waals surface area contributed by atoms with Crippen LogP contribution in [-0.2, 0) is 5.41 Å². The van der Waals surface area contributed by atoms with E-state index in [2.05, 4.69) is 5.32 Å². The number of amides is 1. The van der Waals surface area contributed by atoms with Gasteiger partial charge in [0.2, 0.25) is 0 Å². The average Bonchev–Trinajstić information content (AvgIpc) is 2.98. The number of carbonyl (C=O) groups is 2. The minimum absolute atomic E-state index is 0.00739. The second-order valence-corrected chi connectivity index (χ2v) is 6.26. The third-order valence-electron chi connectivity index (χ3n) is 4.42. The number of nitrogens with one attached hydrogen (secondary N) is 1. The van der Waals surface area contributed by atoms with E-state index >= 15 is 0 Å². The number of rotatable bonds is 5. The van der Waals surface area contributed by atoms with Crippen molar-refractivity contribution in [1.82, 2.24) is 5.32 Å². The zero-order chi connectivity index (χ0) is 16.4. The fourth-order valence-corrected chi connectivity index (χ4v) is 3.00. The standard InChI is InChI=1S/C17H16ClNO4/c18-13-4-2-12(3-5-13)17(6-1-7-17)10-19-15(20)14-8-11(9-23-14)16(21)22/h2-5,8-9H,1,6-7,10H2,(H,19,20)(H,21,22). The summed E-state index contributed by atoms with van der Waals surface area (Å²) < 4.78 is 5.02.